The monoisotopic (exact) mass is 434 g/mol. The van der Waals surface area contributed by atoms with E-state index in [9.17, 15) is 9.59 Å². The Kier molecular flexibility index (Phi) is 8.42. The Morgan fingerprint density at radius 1 is 1.09 bits per heavy atom. The van der Waals surface area contributed by atoms with E-state index in [0.717, 1.165) is 17.7 Å². The summed E-state index contributed by atoms with van der Waals surface area (Å²) in [4.78, 5) is 29.0. The van der Waals surface area contributed by atoms with Crippen molar-refractivity contribution in [1.29, 1.82) is 0 Å². The van der Waals surface area contributed by atoms with Crippen LogP contribution in [0.1, 0.15) is 39.2 Å². The fourth-order valence-corrected chi connectivity index (χ4v) is 4.41. The lowest BCUT2D eigenvalue weighted by Gasteiger charge is -2.37. The van der Waals surface area contributed by atoms with Crippen LogP contribution in [-0.4, -0.2) is 23.5 Å². The number of carbonyl (C=O) groups excluding carboxylic acids is 2. The van der Waals surface area contributed by atoms with Crippen molar-refractivity contribution in [2.45, 2.75) is 40.2 Å². The lowest BCUT2D eigenvalue weighted by molar-refractivity contribution is -0.122. The van der Waals surface area contributed by atoms with Crippen molar-refractivity contribution in [3.05, 3.63) is 72.1 Å². The normalized spacial score (nSPS) is 20.4. The van der Waals surface area contributed by atoms with Crippen molar-refractivity contribution in [3.8, 4) is 0 Å². The fraction of sp³-hybridized carbons (Fsp3) is 0.423. The van der Waals surface area contributed by atoms with Gasteiger partial charge in [-0.1, -0.05) is 49.8 Å². The first kappa shape index (κ1) is 23.5. The van der Waals surface area contributed by atoms with Gasteiger partial charge in [0.1, 0.15) is 0 Å². The fourth-order valence-electron chi connectivity index (χ4n) is 4.41. The van der Waals surface area contributed by atoms with E-state index in [2.05, 4.69) is 47.8 Å². The molecule has 1 aliphatic carbocycles. The van der Waals surface area contributed by atoms with Crippen LogP contribution in [0.15, 0.2) is 66.5 Å². The highest BCUT2D eigenvalue weighted by Gasteiger charge is 2.32. The molecular weight excluding hydrogens is 400 g/mol. The number of rotatable bonds is 8. The summed E-state index contributed by atoms with van der Waals surface area (Å²) < 4.78 is 0. The second-order valence-electron chi connectivity index (χ2n) is 8.96. The summed E-state index contributed by atoms with van der Waals surface area (Å²) in [6, 6.07) is 13.1. The first-order valence-electron chi connectivity index (χ1n) is 11.4. The van der Waals surface area contributed by atoms with Gasteiger partial charge in [0, 0.05) is 37.6 Å². The molecule has 1 heterocycles. The van der Waals surface area contributed by atoms with E-state index >= 15 is 0 Å². The van der Waals surface area contributed by atoms with Crippen molar-refractivity contribution in [3.63, 3.8) is 0 Å². The first-order chi connectivity index (χ1) is 15.4. The average Bonchev–Trinajstić information content (AvgIpc) is 2.79. The maximum absolute atomic E-state index is 12.6. The van der Waals surface area contributed by atoms with E-state index in [1.807, 2.05) is 42.5 Å². The van der Waals surface area contributed by atoms with E-state index in [1.54, 1.807) is 12.4 Å². The van der Waals surface area contributed by atoms with Gasteiger partial charge < -0.3 is 16.0 Å². The summed E-state index contributed by atoms with van der Waals surface area (Å²) in [5.74, 6) is 1.42. The molecule has 3 atom stereocenters. The molecule has 0 saturated heterocycles. The zero-order chi connectivity index (χ0) is 22.9. The summed E-state index contributed by atoms with van der Waals surface area (Å²) in [6.07, 6.45) is 7.19. The quantitative estimate of drug-likeness (QED) is 0.524. The van der Waals surface area contributed by atoms with Crippen LogP contribution in [0, 0.1) is 23.7 Å². The molecule has 6 nitrogen and oxygen atoms in total. The molecule has 170 valence electrons. The van der Waals surface area contributed by atoms with Crippen molar-refractivity contribution in [2.24, 2.45) is 23.7 Å². The number of hydrogen-bond acceptors (Lipinski definition) is 3. The number of carbonyl (C=O) groups is 2. The minimum atomic E-state index is -0.193. The second-order valence-corrected chi connectivity index (χ2v) is 8.96. The summed E-state index contributed by atoms with van der Waals surface area (Å²) >= 11 is 0. The number of nitrogens with one attached hydrogen (secondary N) is 3. The van der Waals surface area contributed by atoms with Gasteiger partial charge in [0.05, 0.1) is 0 Å². The van der Waals surface area contributed by atoms with Crippen LogP contribution in [-0.2, 0) is 11.3 Å². The third-order valence-corrected chi connectivity index (χ3v) is 6.26. The Hall–Kier alpha value is -3.15. The number of pyridine rings is 1. The molecule has 1 aromatic carbocycles. The molecule has 1 aliphatic rings. The number of aromatic nitrogens is 1. The molecule has 0 aliphatic heterocycles. The molecule has 3 N–H and O–H groups in total. The molecule has 0 saturated carbocycles. The van der Waals surface area contributed by atoms with E-state index in [4.69, 9.17) is 0 Å². The number of hydrogen-bond donors (Lipinski definition) is 3. The highest BCUT2D eigenvalue weighted by atomic mass is 16.2. The van der Waals surface area contributed by atoms with Gasteiger partial charge in [0.2, 0.25) is 5.91 Å². The molecule has 3 amide bonds. The Morgan fingerprint density at radius 2 is 1.88 bits per heavy atom. The Labute approximate surface area is 190 Å². The lowest BCUT2D eigenvalue weighted by atomic mass is 9.70. The minimum absolute atomic E-state index is 0.0629. The summed E-state index contributed by atoms with van der Waals surface area (Å²) in [5.41, 5.74) is 3.00. The maximum Gasteiger partial charge on any atom is 0.319 e. The molecule has 0 fully saturated rings. The number of urea groups is 1. The van der Waals surface area contributed by atoms with Gasteiger partial charge >= 0.3 is 6.03 Å². The minimum Gasteiger partial charge on any atom is -0.352 e. The van der Waals surface area contributed by atoms with Crippen LogP contribution in [0.2, 0.25) is 0 Å². The highest BCUT2D eigenvalue weighted by molar-refractivity contribution is 5.89. The molecule has 2 aromatic rings. The summed E-state index contributed by atoms with van der Waals surface area (Å²) in [7, 11) is 0. The molecule has 32 heavy (non-hydrogen) atoms. The third kappa shape index (κ3) is 6.94. The molecule has 0 bridgehead atoms. The molecular formula is C26H34N4O2. The molecule has 3 unspecified atom stereocenters. The van der Waals surface area contributed by atoms with Gasteiger partial charge in [0.15, 0.2) is 0 Å². The molecule has 0 radical (unpaired) electrons. The topological polar surface area (TPSA) is 83.1 Å². The van der Waals surface area contributed by atoms with E-state index in [1.165, 1.54) is 5.57 Å². The van der Waals surface area contributed by atoms with Crippen molar-refractivity contribution in [2.75, 3.05) is 11.9 Å². The first-order valence-corrected chi connectivity index (χ1v) is 11.4. The van der Waals surface area contributed by atoms with E-state index in [0.29, 0.717) is 31.3 Å². The van der Waals surface area contributed by atoms with Gasteiger partial charge in [-0.15, -0.1) is 0 Å². The van der Waals surface area contributed by atoms with Crippen LogP contribution in [0.25, 0.3) is 0 Å². The predicted molar refractivity (Wildman–Crippen MR) is 128 cm³/mol. The van der Waals surface area contributed by atoms with Gasteiger partial charge in [-0.2, -0.15) is 0 Å². The smallest absolute Gasteiger partial charge is 0.319 e. The van der Waals surface area contributed by atoms with Crippen LogP contribution < -0.4 is 16.0 Å². The summed E-state index contributed by atoms with van der Waals surface area (Å²) in [5, 5.41) is 8.91. The van der Waals surface area contributed by atoms with Crippen LogP contribution >= 0.6 is 0 Å². The highest BCUT2D eigenvalue weighted by Crippen LogP contribution is 2.38. The zero-order valence-electron chi connectivity index (χ0n) is 19.2. The van der Waals surface area contributed by atoms with Crippen molar-refractivity contribution >= 4 is 17.6 Å². The molecule has 6 heteroatoms. The van der Waals surface area contributed by atoms with E-state index < -0.39 is 0 Å². The lowest BCUT2D eigenvalue weighted by Crippen LogP contribution is -2.39. The van der Waals surface area contributed by atoms with Crippen molar-refractivity contribution < 1.29 is 9.59 Å². The second kappa shape index (κ2) is 11.5. The Bertz CT molecular complexity index is 912. The van der Waals surface area contributed by atoms with Gasteiger partial charge in [-0.3, -0.25) is 9.78 Å². The number of allylic oxidation sites excluding steroid dienone is 1. The Balaban J connectivity index is 1.54. The SMILES string of the molecule is CC1=CC(CNC(=O)Nc2ccccc2)C(C(C)C)CC1CC(=O)NCc1cccnc1. The molecule has 3 rings (SSSR count). The average molecular weight is 435 g/mol. The van der Waals surface area contributed by atoms with Gasteiger partial charge in [-0.05, 0) is 60.8 Å². The predicted octanol–water partition coefficient (Wildman–Crippen LogP) is 4.76. The Morgan fingerprint density at radius 3 is 2.56 bits per heavy atom. The van der Waals surface area contributed by atoms with Crippen molar-refractivity contribution in [1.82, 2.24) is 15.6 Å². The van der Waals surface area contributed by atoms with Crippen LogP contribution in [0.4, 0.5) is 10.5 Å². The van der Waals surface area contributed by atoms with Gasteiger partial charge in [0.25, 0.3) is 0 Å². The number of amides is 3. The third-order valence-electron chi connectivity index (χ3n) is 6.26. The standard InChI is InChI=1S/C26H34N4O2/c1-18(2)24-13-21(14-25(31)28-16-20-8-7-11-27-15-20)19(3)12-22(24)17-29-26(32)30-23-9-5-4-6-10-23/h4-12,15,18,21-22,24H,13-14,16-17H2,1-3H3,(H,28,31)(H2,29,30,32). The zero-order valence-corrected chi connectivity index (χ0v) is 19.2. The number of benzene rings is 1. The van der Waals surface area contributed by atoms with Crippen LogP contribution in [0.3, 0.4) is 0 Å². The molecule has 1 aromatic heterocycles. The largest absolute Gasteiger partial charge is 0.352 e. The van der Waals surface area contributed by atoms with Gasteiger partial charge in [-0.25, -0.2) is 4.79 Å². The van der Waals surface area contributed by atoms with E-state index in [-0.39, 0.29) is 23.8 Å². The summed E-state index contributed by atoms with van der Waals surface area (Å²) in [6.45, 7) is 7.62. The number of anilines is 1. The maximum atomic E-state index is 12.6. The van der Waals surface area contributed by atoms with Crippen LogP contribution in [0.5, 0.6) is 0 Å². The number of para-hydroxylation sites is 1. The molecule has 0 spiro atoms. The number of nitrogens with zero attached hydrogens (tertiary/aromatic N) is 1.